The van der Waals surface area contributed by atoms with Crippen LogP contribution in [-0.4, -0.2) is 11.8 Å². The van der Waals surface area contributed by atoms with Crippen molar-refractivity contribution in [3.63, 3.8) is 0 Å². The largest absolute Gasteiger partial charge is 0.285 e. The number of hydrogen-bond acceptors (Lipinski definition) is 1. The Hall–Kier alpha value is -1.66. The fourth-order valence-electron chi connectivity index (χ4n) is 1.07. The SMILES string of the molecule is CC=C=NC(=O)c1ccc(CC)cc1. The second kappa shape index (κ2) is 5.15. The average Bonchev–Trinajstić information content (AvgIpc) is 2.26. The van der Waals surface area contributed by atoms with Crippen LogP contribution in [-0.2, 0) is 6.42 Å². The van der Waals surface area contributed by atoms with Crippen molar-refractivity contribution in [2.45, 2.75) is 20.3 Å². The highest BCUT2D eigenvalue weighted by molar-refractivity contribution is 5.98. The highest BCUT2D eigenvalue weighted by atomic mass is 16.1. The molecule has 0 bridgehead atoms. The third kappa shape index (κ3) is 2.68. The van der Waals surface area contributed by atoms with Crippen LogP contribution in [0.3, 0.4) is 0 Å². The lowest BCUT2D eigenvalue weighted by molar-refractivity contribution is 0.100. The van der Waals surface area contributed by atoms with Crippen LogP contribution in [0.1, 0.15) is 29.8 Å². The number of nitrogens with zero attached hydrogens (tertiary/aromatic N) is 1. The predicted molar refractivity (Wildman–Crippen MR) is 57.8 cm³/mol. The van der Waals surface area contributed by atoms with Crippen LogP contribution in [0.25, 0.3) is 0 Å². The van der Waals surface area contributed by atoms with E-state index in [4.69, 9.17) is 0 Å². The summed E-state index contributed by atoms with van der Waals surface area (Å²) in [6, 6.07) is 7.47. The third-order valence-electron chi connectivity index (χ3n) is 1.90. The molecule has 0 saturated carbocycles. The first-order valence-corrected chi connectivity index (χ1v) is 4.65. The van der Waals surface area contributed by atoms with Crippen LogP contribution in [0.2, 0.25) is 0 Å². The van der Waals surface area contributed by atoms with Crippen LogP contribution in [0.15, 0.2) is 35.3 Å². The molecule has 0 fully saturated rings. The van der Waals surface area contributed by atoms with Crippen LogP contribution >= 0.6 is 0 Å². The number of aryl methyl sites for hydroxylation is 1. The first kappa shape index (κ1) is 10.4. The molecule has 72 valence electrons. The van der Waals surface area contributed by atoms with Gasteiger partial charge in [0.1, 0.15) is 0 Å². The molecule has 0 aromatic heterocycles. The molecule has 0 spiro atoms. The van der Waals surface area contributed by atoms with Crippen molar-refractivity contribution in [1.82, 2.24) is 0 Å². The van der Waals surface area contributed by atoms with Gasteiger partial charge in [0, 0.05) is 5.56 Å². The average molecular weight is 187 g/mol. The first-order chi connectivity index (χ1) is 6.77. The van der Waals surface area contributed by atoms with Crippen molar-refractivity contribution in [2.75, 3.05) is 0 Å². The number of aliphatic imine (C=N–C) groups is 1. The van der Waals surface area contributed by atoms with E-state index in [1.54, 1.807) is 25.1 Å². The van der Waals surface area contributed by atoms with Crippen LogP contribution in [0, 0.1) is 0 Å². The zero-order chi connectivity index (χ0) is 10.4. The zero-order valence-electron chi connectivity index (χ0n) is 8.45. The standard InChI is InChI=1S/C12H13NO/c1-3-9-13-12(14)11-7-5-10(4-2)6-8-11/h3,5-8H,4H2,1-2H3. The Balaban J connectivity index is 2.87. The van der Waals surface area contributed by atoms with Gasteiger partial charge in [0.2, 0.25) is 0 Å². The van der Waals surface area contributed by atoms with Crippen molar-refractivity contribution < 1.29 is 4.79 Å². The summed E-state index contributed by atoms with van der Waals surface area (Å²) in [6.07, 6.45) is 2.59. The van der Waals surface area contributed by atoms with Gasteiger partial charge in [-0.25, -0.2) is 0 Å². The molecule has 1 aromatic carbocycles. The van der Waals surface area contributed by atoms with Gasteiger partial charge in [0.15, 0.2) is 0 Å². The number of rotatable bonds is 2. The fraction of sp³-hybridized carbons (Fsp3) is 0.250. The van der Waals surface area contributed by atoms with Gasteiger partial charge in [-0.1, -0.05) is 19.1 Å². The number of allylic oxidation sites excluding steroid dienone is 1. The van der Waals surface area contributed by atoms with E-state index in [-0.39, 0.29) is 5.91 Å². The molecule has 1 aromatic rings. The second-order valence-electron chi connectivity index (χ2n) is 2.89. The molecule has 1 rings (SSSR count). The third-order valence-corrected chi connectivity index (χ3v) is 1.90. The summed E-state index contributed by atoms with van der Waals surface area (Å²) < 4.78 is 0. The zero-order valence-corrected chi connectivity index (χ0v) is 8.45. The van der Waals surface area contributed by atoms with Crippen molar-refractivity contribution in [3.05, 3.63) is 41.5 Å². The topological polar surface area (TPSA) is 29.4 Å². The number of hydrogen-bond donors (Lipinski definition) is 0. The molecule has 0 aliphatic heterocycles. The Labute approximate surface area is 84.0 Å². The lowest BCUT2D eigenvalue weighted by Crippen LogP contribution is -1.94. The van der Waals surface area contributed by atoms with E-state index < -0.39 is 0 Å². The molecule has 0 aliphatic carbocycles. The van der Waals surface area contributed by atoms with Gasteiger partial charge in [-0.3, -0.25) is 4.79 Å². The van der Waals surface area contributed by atoms with Crippen molar-refractivity contribution in [3.8, 4) is 0 Å². The van der Waals surface area contributed by atoms with Crippen LogP contribution in [0.4, 0.5) is 0 Å². The molecule has 0 atom stereocenters. The Bertz CT molecular complexity index is 370. The van der Waals surface area contributed by atoms with Crippen LogP contribution < -0.4 is 0 Å². The fourth-order valence-corrected chi connectivity index (χ4v) is 1.07. The van der Waals surface area contributed by atoms with Gasteiger partial charge >= 0.3 is 0 Å². The minimum Gasteiger partial charge on any atom is -0.266 e. The van der Waals surface area contributed by atoms with Gasteiger partial charge in [-0.15, -0.1) is 0 Å². The summed E-state index contributed by atoms with van der Waals surface area (Å²) in [4.78, 5) is 15.0. The molecule has 0 heterocycles. The molecule has 1 amide bonds. The maximum Gasteiger partial charge on any atom is 0.285 e. The molecular weight excluding hydrogens is 174 g/mol. The van der Waals surface area contributed by atoms with E-state index >= 15 is 0 Å². The van der Waals surface area contributed by atoms with E-state index in [0.717, 1.165) is 6.42 Å². The van der Waals surface area contributed by atoms with Crippen molar-refractivity contribution >= 4 is 11.8 Å². The van der Waals surface area contributed by atoms with Crippen molar-refractivity contribution in [2.24, 2.45) is 4.99 Å². The molecular formula is C12H13NO. The molecule has 0 N–H and O–H groups in total. The Morgan fingerprint density at radius 1 is 1.43 bits per heavy atom. The summed E-state index contributed by atoms with van der Waals surface area (Å²) in [5.41, 5.74) is 1.83. The Morgan fingerprint density at radius 2 is 2.07 bits per heavy atom. The Morgan fingerprint density at radius 3 is 2.57 bits per heavy atom. The van der Waals surface area contributed by atoms with Crippen LogP contribution in [0.5, 0.6) is 0 Å². The maximum absolute atomic E-state index is 11.4. The smallest absolute Gasteiger partial charge is 0.266 e. The summed E-state index contributed by atoms with van der Waals surface area (Å²) in [5, 5.41) is 0. The van der Waals surface area contributed by atoms with E-state index in [1.165, 1.54) is 5.56 Å². The molecule has 2 nitrogen and oxygen atoms in total. The van der Waals surface area contributed by atoms with E-state index in [9.17, 15) is 4.79 Å². The number of carbonyl (C=O) groups excluding carboxylic acids is 1. The van der Waals surface area contributed by atoms with E-state index in [0.29, 0.717) is 5.56 Å². The Kier molecular flexibility index (Phi) is 3.84. The summed E-state index contributed by atoms with van der Waals surface area (Å²) >= 11 is 0. The highest BCUT2D eigenvalue weighted by Gasteiger charge is 2.01. The van der Waals surface area contributed by atoms with E-state index in [1.807, 2.05) is 12.1 Å². The molecule has 0 radical (unpaired) electrons. The predicted octanol–water partition coefficient (Wildman–Crippen LogP) is 2.64. The maximum atomic E-state index is 11.4. The summed E-state index contributed by atoms with van der Waals surface area (Å²) in [7, 11) is 0. The molecule has 2 heteroatoms. The van der Waals surface area contributed by atoms with E-state index in [2.05, 4.69) is 17.8 Å². The second-order valence-corrected chi connectivity index (χ2v) is 2.89. The molecule has 14 heavy (non-hydrogen) atoms. The molecule has 0 saturated heterocycles. The number of benzene rings is 1. The van der Waals surface area contributed by atoms with Gasteiger partial charge in [-0.2, -0.15) is 4.99 Å². The minimum atomic E-state index is -0.245. The number of amides is 1. The molecule has 0 aliphatic rings. The quantitative estimate of drug-likeness (QED) is 0.654. The molecule has 0 unspecified atom stereocenters. The van der Waals surface area contributed by atoms with Gasteiger partial charge < -0.3 is 0 Å². The lowest BCUT2D eigenvalue weighted by Gasteiger charge is -1.96. The van der Waals surface area contributed by atoms with Gasteiger partial charge in [0.25, 0.3) is 5.91 Å². The first-order valence-electron chi connectivity index (χ1n) is 4.65. The normalized spacial score (nSPS) is 9.00. The summed E-state index contributed by atoms with van der Waals surface area (Å²) in [5.74, 6) is 2.28. The minimum absolute atomic E-state index is 0.245. The number of carbonyl (C=O) groups is 1. The van der Waals surface area contributed by atoms with Gasteiger partial charge in [-0.05, 0) is 43.0 Å². The highest BCUT2D eigenvalue weighted by Crippen LogP contribution is 2.05. The monoisotopic (exact) mass is 187 g/mol. The van der Waals surface area contributed by atoms with Crippen molar-refractivity contribution in [1.29, 1.82) is 0 Å². The van der Waals surface area contributed by atoms with Gasteiger partial charge in [0.05, 0.1) is 0 Å². The lowest BCUT2D eigenvalue weighted by atomic mass is 10.1. The summed E-state index contributed by atoms with van der Waals surface area (Å²) in [6.45, 7) is 3.85.